The van der Waals surface area contributed by atoms with E-state index in [1.54, 1.807) is 7.05 Å². The van der Waals surface area contributed by atoms with Crippen molar-refractivity contribution in [1.29, 1.82) is 0 Å². The van der Waals surface area contributed by atoms with Gasteiger partial charge < -0.3 is 15.6 Å². The molecule has 0 bridgehead atoms. The molecule has 0 atom stereocenters. The van der Waals surface area contributed by atoms with E-state index in [1.807, 2.05) is 24.3 Å². The van der Waals surface area contributed by atoms with Crippen LogP contribution in [0.5, 0.6) is 5.75 Å². The van der Waals surface area contributed by atoms with Crippen molar-refractivity contribution in [2.75, 3.05) is 18.7 Å². The van der Waals surface area contributed by atoms with Crippen molar-refractivity contribution in [2.24, 2.45) is 0 Å². The Kier molecular flexibility index (Phi) is 7.90. The molecule has 0 unspecified atom stereocenters. The predicted octanol–water partition coefficient (Wildman–Crippen LogP) is -0.117. The van der Waals surface area contributed by atoms with Gasteiger partial charge in [-0.1, -0.05) is 6.92 Å². The van der Waals surface area contributed by atoms with Gasteiger partial charge in [0.1, 0.15) is 5.75 Å². The first-order valence-electron chi connectivity index (χ1n) is 4.42. The van der Waals surface area contributed by atoms with Gasteiger partial charge in [0, 0.05) is 5.69 Å². The molecule has 1 aromatic rings. The third kappa shape index (κ3) is 4.77. The molecule has 0 spiro atoms. The minimum atomic E-state index is 0. The van der Waals surface area contributed by atoms with Crippen molar-refractivity contribution in [2.45, 2.75) is 13.3 Å². The molecule has 4 heteroatoms. The third-order valence-corrected chi connectivity index (χ3v) is 1.70. The molecule has 0 heterocycles. The fourth-order valence-electron chi connectivity index (χ4n) is 0.986. The van der Waals surface area contributed by atoms with E-state index in [0.717, 1.165) is 24.5 Å². The number of benzene rings is 1. The number of nitrogens with one attached hydrogen (secondary N) is 1. The maximum Gasteiger partial charge on any atom is 1.00 e. The normalized spacial score (nSPS) is 9.07. The van der Waals surface area contributed by atoms with Gasteiger partial charge in [-0.15, -0.1) is 0 Å². The Morgan fingerprint density at radius 2 is 1.86 bits per heavy atom. The summed E-state index contributed by atoms with van der Waals surface area (Å²) in [5, 5.41) is 1.32. The standard InChI is InChI=1S/C10H15N2O.K/c1-3-8-13-10-6-4-9(5-7-10)12(2)11;/h4-7,11H,3,8H2,1-2H3;/q-1;+1. The Hall–Kier alpha value is 0.416. The third-order valence-electron chi connectivity index (χ3n) is 1.70. The summed E-state index contributed by atoms with van der Waals surface area (Å²) in [6.07, 6.45) is 1.01. The number of hydrogen-bond acceptors (Lipinski definition) is 2. The van der Waals surface area contributed by atoms with Crippen LogP contribution in [-0.2, 0) is 0 Å². The molecule has 0 saturated heterocycles. The summed E-state index contributed by atoms with van der Waals surface area (Å²) in [6.45, 7) is 2.82. The van der Waals surface area contributed by atoms with Crippen LogP contribution >= 0.6 is 0 Å². The maximum absolute atomic E-state index is 7.32. The van der Waals surface area contributed by atoms with Crippen molar-refractivity contribution in [3.05, 3.63) is 30.1 Å². The van der Waals surface area contributed by atoms with E-state index < -0.39 is 0 Å². The molecule has 14 heavy (non-hydrogen) atoms. The number of anilines is 1. The molecule has 0 fully saturated rings. The fourth-order valence-corrected chi connectivity index (χ4v) is 0.986. The Morgan fingerprint density at radius 1 is 1.29 bits per heavy atom. The zero-order valence-electron chi connectivity index (χ0n) is 9.08. The first kappa shape index (κ1) is 14.4. The van der Waals surface area contributed by atoms with E-state index in [1.165, 1.54) is 5.01 Å². The summed E-state index contributed by atoms with van der Waals surface area (Å²) in [7, 11) is 1.70. The number of ether oxygens (including phenoxy) is 1. The minimum absolute atomic E-state index is 0. The average molecular weight is 218 g/mol. The molecule has 0 aromatic heterocycles. The fraction of sp³-hybridized carbons (Fsp3) is 0.400. The molecule has 0 radical (unpaired) electrons. The Balaban J connectivity index is 0.00000169. The number of nitrogens with zero attached hydrogens (tertiary/aromatic N) is 1. The van der Waals surface area contributed by atoms with Crippen LogP contribution in [0, 0.1) is 0 Å². The zero-order valence-corrected chi connectivity index (χ0v) is 12.2. The molecule has 1 N–H and O–H groups in total. The van der Waals surface area contributed by atoms with Gasteiger partial charge in [0.15, 0.2) is 0 Å². The van der Waals surface area contributed by atoms with Crippen LogP contribution in [0.25, 0.3) is 5.84 Å². The maximum atomic E-state index is 7.32. The molecule has 1 rings (SSSR count). The van der Waals surface area contributed by atoms with Crippen LogP contribution < -0.4 is 61.1 Å². The van der Waals surface area contributed by atoms with Gasteiger partial charge in [0.2, 0.25) is 0 Å². The Bertz CT molecular complexity index is 249. The van der Waals surface area contributed by atoms with Crippen molar-refractivity contribution in [1.82, 2.24) is 0 Å². The molecule has 72 valence electrons. The molecule has 0 aliphatic carbocycles. The van der Waals surface area contributed by atoms with Crippen LogP contribution in [0.15, 0.2) is 24.3 Å². The van der Waals surface area contributed by atoms with E-state index in [4.69, 9.17) is 10.6 Å². The van der Waals surface area contributed by atoms with Gasteiger partial charge in [-0.05, 0) is 37.7 Å². The first-order valence-corrected chi connectivity index (χ1v) is 4.42. The second-order valence-electron chi connectivity index (χ2n) is 2.90. The smallest absolute Gasteiger partial charge is 0.584 e. The van der Waals surface area contributed by atoms with Gasteiger partial charge in [-0.25, -0.2) is 0 Å². The topological polar surface area (TPSA) is 36.3 Å². The van der Waals surface area contributed by atoms with Gasteiger partial charge in [0.05, 0.1) is 6.61 Å². The summed E-state index contributed by atoms with van der Waals surface area (Å²) >= 11 is 0. The van der Waals surface area contributed by atoms with E-state index in [0.29, 0.717) is 0 Å². The quantitative estimate of drug-likeness (QED) is 0.522. The predicted molar refractivity (Wildman–Crippen MR) is 55.0 cm³/mol. The SMILES string of the molecule is CCCOc1ccc(N(C)[NH-])cc1.[K+]. The molecular weight excluding hydrogens is 203 g/mol. The van der Waals surface area contributed by atoms with E-state index in [-0.39, 0.29) is 51.4 Å². The molecular formula is C10H15KN2O. The van der Waals surface area contributed by atoms with Gasteiger partial charge in [-0.2, -0.15) is 0 Å². The van der Waals surface area contributed by atoms with Crippen LogP contribution in [-0.4, -0.2) is 13.7 Å². The van der Waals surface area contributed by atoms with Crippen molar-refractivity contribution >= 4 is 5.69 Å². The van der Waals surface area contributed by atoms with Crippen molar-refractivity contribution in [3.8, 4) is 5.75 Å². The summed E-state index contributed by atoms with van der Waals surface area (Å²) < 4.78 is 5.41. The van der Waals surface area contributed by atoms with Gasteiger partial charge >= 0.3 is 51.4 Å². The van der Waals surface area contributed by atoms with Gasteiger partial charge in [-0.3, -0.25) is 0 Å². The minimum Gasteiger partial charge on any atom is -0.584 e. The molecule has 3 nitrogen and oxygen atoms in total. The Morgan fingerprint density at radius 3 is 2.29 bits per heavy atom. The second kappa shape index (κ2) is 7.67. The van der Waals surface area contributed by atoms with E-state index in [2.05, 4.69) is 6.92 Å². The zero-order chi connectivity index (χ0) is 9.68. The van der Waals surface area contributed by atoms with E-state index >= 15 is 0 Å². The average Bonchev–Trinajstić information content (AvgIpc) is 2.15. The molecule has 0 aliphatic heterocycles. The summed E-state index contributed by atoms with van der Waals surface area (Å²) in [6, 6.07) is 7.52. The summed E-state index contributed by atoms with van der Waals surface area (Å²) in [5.74, 6) is 8.19. The second-order valence-corrected chi connectivity index (χ2v) is 2.90. The van der Waals surface area contributed by atoms with Crippen LogP contribution in [0.1, 0.15) is 13.3 Å². The largest absolute Gasteiger partial charge is 1.00 e. The van der Waals surface area contributed by atoms with Gasteiger partial charge in [0.25, 0.3) is 0 Å². The first-order chi connectivity index (χ1) is 6.24. The number of rotatable bonds is 4. The molecule has 0 saturated carbocycles. The van der Waals surface area contributed by atoms with Crippen molar-refractivity contribution < 1.29 is 56.1 Å². The monoisotopic (exact) mass is 218 g/mol. The summed E-state index contributed by atoms with van der Waals surface area (Å²) in [5.41, 5.74) is 0.865. The molecule has 1 aromatic carbocycles. The van der Waals surface area contributed by atoms with Crippen LogP contribution in [0.3, 0.4) is 0 Å². The van der Waals surface area contributed by atoms with E-state index in [9.17, 15) is 0 Å². The number of hydrogen-bond donors (Lipinski definition) is 0. The molecule has 0 amide bonds. The summed E-state index contributed by atoms with van der Waals surface area (Å²) in [4.78, 5) is 0. The van der Waals surface area contributed by atoms with Crippen molar-refractivity contribution in [3.63, 3.8) is 0 Å². The van der Waals surface area contributed by atoms with Crippen LogP contribution in [0.2, 0.25) is 0 Å². The van der Waals surface area contributed by atoms with Crippen LogP contribution in [0.4, 0.5) is 5.69 Å². The Labute approximate surface area is 128 Å². The molecule has 0 aliphatic rings.